The number of carbonyl (C=O) groups is 2. The lowest BCUT2D eigenvalue weighted by atomic mass is 10.2. The summed E-state index contributed by atoms with van der Waals surface area (Å²) in [5, 5.41) is 9.29. The average molecular weight is 428 g/mol. The van der Waals surface area contributed by atoms with Gasteiger partial charge in [-0.3, -0.25) is 4.79 Å². The van der Waals surface area contributed by atoms with Crippen LogP contribution in [0.2, 0.25) is 10.0 Å². The number of carboxylic acids is 1. The van der Waals surface area contributed by atoms with E-state index in [1.807, 2.05) is 0 Å². The molecular formula is C20H11Cl2N3O4. The smallest absolute Gasteiger partial charge is 0.342 e. The third-order valence-corrected chi connectivity index (χ3v) is 4.98. The molecule has 0 atom stereocenters. The SMILES string of the molecule is O=C(O)c1ccc(-n2c(=O)n(C(=O)c3c(Cl)cccc3Cl)c3ccccc32)nc1. The highest BCUT2D eigenvalue weighted by Gasteiger charge is 2.24. The van der Waals surface area contributed by atoms with Crippen LogP contribution >= 0.6 is 23.2 Å². The number of hydrogen-bond donors (Lipinski definition) is 1. The maximum atomic E-state index is 13.2. The summed E-state index contributed by atoms with van der Waals surface area (Å²) in [5.41, 5.74) is 0.0643. The van der Waals surface area contributed by atoms with Crippen LogP contribution in [-0.2, 0) is 0 Å². The number of aromatic carboxylic acids is 1. The lowest BCUT2D eigenvalue weighted by Gasteiger charge is -2.06. The van der Waals surface area contributed by atoms with Gasteiger partial charge in [-0.15, -0.1) is 0 Å². The molecule has 0 radical (unpaired) electrons. The van der Waals surface area contributed by atoms with E-state index in [4.69, 9.17) is 28.3 Å². The lowest BCUT2D eigenvalue weighted by Crippen LogP contribution is -2.29. The second-order valence-corrected chi connectivity index (χ2v) is 6.87. The molecule has 0 spiro atoms. The molecule has 2 heterocycles. The largest absolute Gasteiger partial charge is 0.478 e. The molecule has 4 rings (SSSR count). The molecule has 2 aromatic heterocycles. The molecule has 0 unspecified atom stereocenters. The van der Waals surface area contributed by atoms with Crippen LogP contribution in [0, 0.1) is 0 Å². The molecule has 0 fully saturated rings. The molecule has 4 aromatic rings. The lowest BCUT2D eigenvalue weighted by molar-refractivity contribution is 0.0696. The van der Waals surface area contributed by atoms with Gasteiger partial charge in [0.15, 0.2) is 0 Å². The first kappa shape index (κ1) is 18.9. The molecule has 9 heteroatoms. The van der Waals surface area contributed by atoms with Gasteiger partial charge in [0.2, 0.25) is 0 Å². The Hall–Kier alpha value is -3.42. The number of halogens is 2. The zero-order valence-electron chi connectivity index (χ0n) is 14.5. The molecule has 0 amide bonds. The molecule has 0 saturated heterocycles. The molecular weight excluding hydrogens is 417 g/mol. The number of benzene rings is 2. The molecule has 2 aromatic carbocycles. The van der Waals surface area contributed by atoms with E-state index in [1.165, 1.54) is 28.8 Å². The highest BCUT2D eigenvalue weighted by molar-refractivity contribution is 6.39. The zero-order valence-corrected chi connectivity index (χ0v) is 16.1. The summed E-state index contributed by atoms with van der Waals surface area (Å²) in [5.74, 6) is -1.64. The Morgan fingerprint density at radius 3 is 2.14 bits per heavy atom. The molecule has 0 aliphatic heterocycles. The van der Waals surface area contributed by atoms with Crippen LogP contribution < -0.4 is 5.69 Å². The zero-order chi connectivity index (χ0) is 20.7. The van der Waals surface area contributed by atoms with E-state index in [0.29, 0.717) is 11.0 Å². The molecule has 1 N–H and O–H groups in total. The normalized spacial score (nSPS) is 11.0. The number of pyridine rings is 1. The Morgan fingerprint density at radius 2 is 1.55 bits per heavy atom. The van der Waals surface area contributed by atoms with Crippen molar-refractivity contribution >= 4 is 46.1 Å². The van der Waals surface area contributed by atoms with Crippen molar-refractivity contribution in [2.45, 2.75) is 0 Å². The number of rotatable bonds is 3. The number of carboxylic acid groups (broad SMARTS) is 1. The van der Waals surface area contributed by atoms with Gasteiger partial charge in [-0.1, -0.05) is 41.4 Å². The molecule has 0 aliphatic carbocycles. The van der Waals surface area contributed by atoms with Gasteiger partial charge in [-0.25, -0.2) is 23.7 Å². The van der Waals surface area contributed by atoms with E-state index in [9.17, 15) is 14.4 Å². The van der Waals surface area contributed by atoms with Crippen LogP contribution in [0.15, 0.2) is 65.6 Å². The monoisotopic (exact) mass is 427 g/mol. The summed E-state index contributed by atoms with van der Waals surface area (Å²) in [7, 11) is 0. The third kappa shape index (κ3) is 3.10. The first-order valence-electron chi connectivity index (χ1n) is 8.31. The summed E-state index contributed by atoms with van der Waals surface area (Å²) in [6.45, 7) is 0. The topological polar surface area (TPSA) is 94.2 Å². The van der Waals surface area contributed by atoms with Gasteiger partial charge < -0.3 is 5.11 Å². The minimum atomic E-state index is -1.14. The molecule has 144 valence electrons. The number of imidazole rings is 1. The fourth-order valence-electron chi connectivity index (χ4n) is 3.02. The van der Waals surface area contributed by atoms with Crippen LogP contribution in [0.4, 0.5) is 0 Å². The van der Waals surface area contributed by atoms with Crippen LogP contribution in [0.3, 0.4) is 0 Å². The number of fused-ring (bicyclic) bond motifs is 1. The number of aromatic nitrogens is 3. The van der Waals surface area contributed by atoms with E-state index in [-0.39, 0.29) is 27.0 Å². The fourth-order valence-corrected chi connectivity index (χ4v) is 3.58. The van der Waals surface area contributed by atoms with E-state index < -0.39 is 17.6 Å². The van der Waals surface area contributed by atoms with Gasteiger partial charge in [0.1, 0.15) is 5.82 Å². The van der Waals surface area contributed by atoms with Crippen molar-refractivity contribution < 1.29 is 14.7 Å². The fraction of sp³-hybridized carbons (Fsp3) is 0. The quantitative estimate of drug-likeness (QED) is 0.535. The van der Waals surface area contributed by atoms with E-state index >= 15 is 0 Å². The van der Waals surface area contributed by atoms with Gasteiger partial charge >= 0.3 is 11.7 Å². The second kappa shape index (κ2) is 7.20. The van der Waals surface area contributed by atoms with Crippen LogP contribution in [0.1, 0.15) is 20.7 Å². The second-order valence-electron chi connectivity index (χ2n) is 6.05. The maximum absolute atomic E-state index is 13.2. The third-order valence-electron chi connectivity index (χ3n) is 4.35. The summed E-state index contributed by atoms with van der Waals surface area (Å²) < 4.78 is 2.19. The van der Waals surface area contributed by atoms with Crippen LogP contribution in [0.25, 0.3) is 16.9 Å². The van der Waals surface area contributed by atoms with Crippen molar-refractivity contribution in [3.05, 3.63) is 92.5 Å². The maximum Gasteiger partial charge on any atom is 0.342 e. The van der Waals surface area contributed by atoms with E-state index in [0.717, 1.165) is 10.8 Å². The molecule has 0 saturated carbocycles. The standard InChI is InChI=1S/C20H11Cl2N3O4/c21-12-4-3-5-13(22)17(12)18(26)25-15-7-2-1-6-14(15)24(20(25)29)16-9-8-11(10-23-16)19(27)28/h1-10H,(H,27,28). The Morgan fingerprint density at radius 1 is 0.897 bits per heavy atom. The Kier molecular flexibility index (Phi) is 4.70. The Balaban J connectivity index is 1.98. The van der Waals surface area contributed by atoms with Crippen molar-refractivity contribution in [1.29, 1.82) is 0 Å². The summed E-state index contributed by atoms with van der Waals surface area (Å²) >= 11 is 12.3. The highest BCUT2D eigenvalue weighted by atomic mass is 35.5. The minimum absolute atomic E-state index is 0.00928. The predicted octanol–water partition coefficient (Wildman–Crippen LogP) is 3.88. The van der Waals surface area contributed by atoms with Crippen molar-refractivity contribution in [1.82, 2.24) is 14.1 Å². The van der Waals surface area contributed by atoms with Gasteiger partial charge in [-0.2, -0.15) is 0 Å². The van der Waals surface area contributed by atoms with Gasteiger partial charge in [-0.05, 0) is 36.4 Å². The average Bonchev–Trinajstić information content (AvgIpc) is 2.99. The first-order valence-corrected chi connectivity index (χ1v) is 9.06. The highest BCUT2D eigenvalue weighted by Crippen LogP contribution is 2.26. The predicted molar refractivity (Wildman–Crippen MR) is 108 cm³/mol. The van der Waals surface area contributed by atoms with Gasteiger partial charge in [0.25, 0.3) is 5.91 Å². The molecule has 0 aliphatic rings. The van der Waals surface area contributed by atoms with Crippen molar-refractivity contribution in [2.75, 3.05) is 0 Å². The Bertz CT molecular complexity index is 1320. The molecule has 7 nitrogen and oxygen atoms in total. The summed E-state index contributed by atoms with van der Waals surface area (Å²) in [6, 6.07) is 14.0. The number of carbonyl (C=O) groups excluding carboxylic acids is 1. The number of nitrogens with zero attached hydrogens (tertiary/aromatic N) is 3. The van der Waals surface area contributed by atoms with Gasteiger partial charge in [0.05, 0.1) is 32.2 Å². The number of para-hydroxylation sites is 2. The van der Waals surface area contributed by atoms with E-state index in [1.54, 1.807) is 30.3 Å². The van der Waals surface area contributed by atoms with Crippen molar-refractivity contribution in [3.63, 3.8) is 0 Å². The molecule has 29 heavy (non-hydrogen) atoms. The van der Waals surface area contributed by atoms with Crippen molar-refractivity contribution in [3.8, 4) is 5.82 Å². The summed E-state index contributed by atoms with van der Waals surface area (Å²) in [4.78, 5) is 41.5. The number of hydrogen-bond acceptors (Lipinski definition) is 4. The van der Waals surface area contributed by atoms with Crippen LogP contribution in [-0.4, -0.2) is 31.1 Å². The summed E-state index contributed by atoms with van der Waals surface area (Å²) in [6.07, 6.45) is 1.14. The van der Waals surface area contributed by atoms with Crippen molar-refractivity contribution in [2.24, 2.45) is 0 Å². The van der Waals surface area contributed by atoms with Gasteiger partial charge in [0, 0.05) is 6.20 Å². The van der Waals surface area contributed by atoms with Crippen LogP contribution in [0.5, 0.6) is 0 Å². The van der Waals surface area contributed by atoms with E-state index in [2.05, 4.69) is 4.98 Å². The first-order chi connectivity index (χ1) is 13.9. The Labute approximate surface area is 173 Å². The minimum Gasteiger partial charge on any atom is -0.478 e. The molecule has 0 bridgehead atoms.